The molecule has 3 N–H and O–H groups in total. The van der Waals surface area contributed by atoms with Crippen molar-refractivity contribution < 1.29 is 4.79 Å². The predicted molar refractivity (Wildman–Crippen MR) is 138 cm³/mol. The number of ketones is 1. The van der Waals surface area contributed by atoms with E-state index in [1.807, 2.05) is 53.9 Å². The number of fused-ring (bicyclic) bond motifs is 3. The molecule has 0 radical (unpaired) electrons. The summed E-state index contributed by atoms with van der Waals surface area (Å²) < 4.78 is 0.999. The first kappa shape index (κ1) is 20.6. The Balaban J connectivity index is 1.39. The van der Waals surface area contributed by atoms with E-state index in [1.165, 1.54) is 0 Å². The molecule has 0 saturated carbocycles. The van der Waals surface area contributed by atoms with Gasteiger partial charge in [0.2, 0.25) is 0 Å². The SMILES string of the molecule is CC(C)CC(=O)c1cc2ccc(-c3nc(Nc4ccc5[nH]ncc5c4)c4sccc4n3)cc2[nH]1. The Morgan fingerprint density at radius 1 is 1.03 bits per heavy atom. The standard InChI is InChI=1S/C26H22N6OS/c1-14(2)9-23(33)22-11-15-3-4-16(12-21(15)29-22)25-30-20-7-8-34-24(20)26(31-25)28-18-5-6-19-17(10-18)13-27-32-19/h3-8,10-14,29H,9H2,1-2H3,(H,27,32)(H,28,30,31). The number of anilines is 2. The minimum atomic E-state index is 0.129. The van der Waals surface area contributed by atoms with Crippen molar-refractivity contribution in [1.82, 2.24) is 25.1 Å². The molecule has 6 aromatic rings. The second-order valence-corrected chi connectivity index (χ2v) is 9.75. The maximum atomic E-state index is 12.5. The Labute approximate surface area is 199 Å². The van der Waals surface area contributed by atoms with Crippen LogP contribution in [0.5, 0.6) is 0 Å². The first-order valence-electron chi connectivity index (χ1n) is 11.2. The van der Waals surface area contributed by atoms with Crippen molar-refractivity contribution >= 4 is 60.6 Å². The van der Waals surface area contributed by atoms with Crippen LogP contribution in [0.2, 0.25) is 0 Å². The minimum absolute atomic E-state index is 0.129. The number of nitrogens with one attached hydrogen (secondary N) is 3. The molecule has 2 aromatic carbocycles. The smallest absolute Gasteiger partial charge is 0.179 e. The Kier molecular flexibility index (Phi) is 4.88. The average molecular weight is 467 g/mol. The lowest BCUT2D eigenvalue weighted by Crippen LogP contribution is -2.03. The van der Waals surface area contributed by atoms with Crippen molar-refractivity contribution in [2.45, 2.75) is 20.3 Å². The monoisotopic (exact) mass is 466 g/mol. The lowest BCUT2D eigenvalue weighted by atomic mass is 10.1. The average Bonchev–Trinajstić information content (AvgIpc) is 3.56. The van der Waals surface area contributed by atoms with E-state index in [2.05, 4.69) is 34.3 Å². The van der Waals surface area contributed by atoms with Crippen LogP contribution in [0, 0.1) is 5.92 Å². The molecule has 0 unspecified atom stereocenters. The molecule has 4 aromatic heterocycles. The van der Waals surface area contributed by atoms with Crippen molar-refractivity contribution in [1.29, 1.82) is 0 Å². The minimum Gasteiger partial charge on any atom is -0.352 e. The molecule has 0 amide bonds. The molecule has 168 valence electrons. The molecule has 0 aliphatic heterocycles. The maximum Gasteiger partial charge on any atom is 0.179 e. The highest BCUT2D eigenvalue weighted by Gasteiger charge is 2.15. The van der Waals surface area contributed by atoms with Gasteiger partial charge in [0.25, 0.3) is 0 Å². The van der Waals surface area contributed by atoms with E-state index in [4.69, 9.17) is 9.97 Å². The zero-order valence-electron chi connectivity index (χ0n) is 18.7. The molecular weight excluding hydrogens is 444 g/mol. The molecule has 4 heterocycles. The van der Waals surface area contributed by atoms with E-state index < -0.39 is 0 Å². The number of carbonyl (C=O) groups excluding carboxylic acids is 1. The fourth-order valence-corrected chi connectivity index (χ4v) is 4.91. The fourth-order valence-electron chi connectivity index (χ4n) is 4.13. The molecule has 6 rings (SSSR count). The second kappa shape index (κ2) is 8.07. The molecule has 8 heteroatoms. The Morgan fingerprint density at radius 2 is 1.94 bits per heavy atom. The lowest BCUT2D eigenvalue weighted by Gasteiger charge is -2.09. The molecule has 0 fully saturated rings. The molecule has 0 aliphatic rings. The number of thiophene rings is 1. The van der Waals surface area contributed by atoms with Gasteiger partial charge in [0.05, 0.1) is 27.6 Å². The zero-order chi connectivity index (χ0) is 23.2. The summed E-state index contributed by atoms with van der Waals surface area (Å²) in [7, 11) is 0. The Morgan fingerprint density at radius 3 is 2.82 bits per heavy atom. The summed E-state index contributed by atoms with van der Waals surface area (Å²) >= 11 is 1.61. The highest BCUT2D eigenvalue weighted by atomic mass is 32.1. The number of carbonyl (C=O) groups is 1. The van der Waals surface area contributed by atoms with Crippen LogP contribution in [0.3, 0.4) is 0 Å². The van der Waals surface area contributed by atoms with Crippen LogP contribution in [-0.2, 0) is 0 Å². The van der Waals surface area contributed by atoms with Crippen LogP contribution in [0.15, 0.2) is 60.1 Å². The van der Waals surface area contributed by atoms with Crippen molar-refractivity contribution in [3.05, 3.63) is 65.8 Å². The summed E-state index contributed by atoms with van der Waals surface area (Å²) in [4.78, 5) is 25.5. The van der Waals surface area contributed by atoms with Crippen LogP contribution >= 0.6 is 11.3 Å². The number of Topliss-reactive ketones (excluding diaryl/α,β-unsaturated/α-hetero) is 1. The van der Waals surface area contributed by atoms with Crippen molar-refractivity contribution in [2.75, 3.05) is 5.32 Å². The van der Waals surface area contributed by atoms with Gasteiger partial charge in [-0.05, 0) is 47.7 Å². The summed E-state index contributed by atoms with van der Waals surface area (Å²) in [6, 6.07) is 16.0. The number of hydrogen-bond donors (Lipinski definition) is 3. The number of nitrogens with zero attached hydrogens (tertiary/aromatic N) is 3. The third-order valence-corrected chi connectivity index (χ3v) is 6.69. The molecule has 0 bridgehead atoms. The second-order valence-electron chi connectivity index (χ2n) is 8.83. The van der Waals surface area contributed by atoms with Gasteiger partial charge >= 0.3 is 0 Å². The largest absolute Gasteiger partial charge is 0.352 e. The molecular formula is C26H22N6OS. The highest BCUT2D eigenvalue weighted by Crippen LogP contribution is 2.32. The third-order valence-electron chi connectivity index (χ3n) is 5.78. The summed E-state index contributed by atoms with van der Waals surface area (Å²) in [6.45, 7) is 4.10. The van der Waals surface area contributed by atoms with Gasteiger partial charge in [0.1, 0.15) is 0 Å². The Hall–Kier alpha value is -4.04. The van der Waals surface area contributed by atoms with Crippen LogP contribution in [0.4, 0.5) is 11.5 Å². The first-order chi connectivity index (χ1) is 16.5. The highest BCUT2D eigenvalue weighted by molar-refractivity contribution is 7.17. The number of hydrogen-bond acceptors (Lipinski definition) is 6. The number of aromatic amines is 2. The van der Waals surface area contributed by atoms with Crippen LogP contribution < -0.4 is 5.32 Å². The first-order valence-corrected chi connectivity index (χ1v) is 12.0. The number of benzene rings is 2. The maximum absolute atomic E-state index is 12.5. The van der Waals surface area contributed by atoms with Gasteiger partial charge in [-0.15, -0.1) is 11.3 Å². The van der Waals surface area contributed by atoms with Gasteiger partial charge in [0, 0.05) is 34.0 Å². The van der Waals surface area contributed by atoms with E-state index in [9.17, 15) is 4.79 Å². The Bertz CT molecular complexity index is 1680. The summed E-state index contributed by atoms with van der Waals surface area (Å²) in [5, 5.41) is 14.6. The quantitative estimate of drug-likeness (QED) is 0.238. The summed E-state index contributed by atoms with van der Waals surface area (Å²) in [5.41, 5.74) is 5.24. The van der Waals surface area contributed by atoms with E-state index in [1.54, 1.807) is 17.5 Å². The number of H-pyrrole nitrogens is 2. The zero-order valence-corrected chi connectivity index (χ0v) is 19.5. The van der Waals surface area contributed by atoms with E-state index in [0.717, 1.165) is 49.1 Å². The molecule has 0 spiro atoms. The predicted octanol–water partition coefficient (Wildman–Crippen LogP) is 6.69. The van der Waals surface area contributed by atoms with E-state index in [-0.39, 0.29) is 5.78 Å². The van der Waals surface area contributed by atoms with Crippen molar-refractivity contribution in [3.8, 4) is 11.4 Å². The van der Waals surface area contributed by atoms with E-state index in [0.29, 0.717) is 23.9 Å². The van der Waals surface area contributed by atoms with Crippen LogP contribution in [0.1, 0.15) is 30.8 Å². The van der Waals surface area contributed by atoms with E-state index >= 15 is 0 Å². The molecule has 0 aliphatic carbocycles. The molecule has 0 saturated heterocycles. The fraction of sp³-hybridized carbons (Fsp3) is 0.154. The molecule has 0 atom stereocenters. The van der Waals surface area contributed by atoms with Gasteiger partial charge in [-0.3, -0.25) is 9.89 Å². The van der Waals surface area contributed by atoms with Crippen molar-refractivity contribution in [2.24, 2.45) is 5.92 Å². The normalized spacial score (nSPS) is 11.7. The van der Waals surface area contributed by atoms with Crippen LogP contribution in [0.25, 0.3) is 43.4 Å². The van der Waals surface area contributed by atoms with Crippen molar-refractivity contribution in [3.63, 3.8) is 0 Å². The number of aromatic nitrogens is 5. The summed E-state index contributed by atoms with van der Waals surface area (Å²) in [6.07, 6.45) is 2.33. The van der Waals surface area contributed by atoms with Gasteiger partial charge in [-0.2, -0.15) is 5.10 Å². The molecule has 34 heavy (non-hydrogen) atoms. The number of rotatable bonds is 6. The third kappa shape index (κ3) is 3.72. The van der Waals surface area contributed by atoms with Crippen LogP contribution in [-0.4, -0.2) is 30.9 Å². The molecule has 7 nitrogen and oxygen atoms in total. The van der Waals surface area contributed by atoms with Gasteiger partial charge in [0.15, 0.2) is 17.4 Å². The topological polar surface area (TPSA) is 99.3 Å². The van der Waals surface area contributed by atoms with Gasteiger partial charge in [-0.25, -0.2) is 9.97 Å². The van der Waals surface area contributed by atoms with Gasteiger partial charge in [-0.1, -0.05) is 26.0 Å². The van der Waals surface area contributed by atoms with Gasteiger partial charge < -0.3 is 10.3 Å². The lowest BCUT2D eigenvalue weighted by molar-refractivity contribution is 0.0964. The summed E-state index contributed by atoms with van der Waals surface area (Å²) in [5.74, 6) is 1.84.